The second-order valence-corrected chi connectivity index (χ2v) is 6.95. The largest absolute Gasteiger partial charge is 0.482 e. The number of para-hydroxylation sites is 1. The average Bonchev–Trinajstić information content (AvgIpc) is 3.16. The number of hydrogen-bond acceptors (Lipinski definition) is 6. The van der Waals surface area contributed by atoms with E-state index in [0.717, 1.165) is 23.0 Å². The monoisotopic (exact) mass is 397 g/mol. The number of fused-ring (bicyclic) bond motifs is 1. The van der Waals surface area contributed by atoms with Crippen molar-refractivity contribution in [3.05, 3.63) is 65.9 Å². The van der Waals surface area contributed by atoms with Crippen molar-refractivity contribution < 1.29 is 23.8 Å². The smallest absolute Gasteiger partial charge is 0.344 e. The quantitative estimate of drug-likeness (QED) is 0.509. The van der Waals surface area contributed by atoms with Gasteiger partial charge in [-0.05, 0) is 50.1 Å². The van der Waals surface area contributed by atoms with Gasteiger partial charge in [0.15, 0.2) is 6.61 Å². The Kier molecular flexibility index (Phi) is 7.27. The minimum Gasteiger partial charge on any atom is -0.482 e. The van der Waals surface area contributed by atoms with E-state index >= 15 is 0 Å². The Bertz CT molecular complexity index is 885. The fourth-order valence-corrected chi connectivity index (χ4v) is 3.07. The zero-order valence-corrected chi connectivity index (χ0v) is 16.8. The van der Waals surface area contributed by atoms with E-state index in [4.69, 9.17) is 13.9 Å². The van der Waals surface area contributed by atoms with Crippen molar-refractivity contribution in [1.82, 2.24) is 5.32 Å². The fourth-order valence-electron chi connectivity index (χ4n) is 3.07. The maximum atomic E-state index is 11.3. The average molecular weight is 397 g/mol. The number of carbonyl (C=O) groups is 1. The molecule has 1 aromatic heterocycles. The summed E-state index contributed by atoms with van der Waals surface area (Å²) in [4.78, 5) is 11.3. The van der Waals surface area contributed by atoms with Crippen LogP contribution in [-0.2, 0) is 16.0 Å². The lowest BCUT2D eigenvalue weighted by Crippen LogP contribution is -2.31. The minimum absolute atomic E-state index is 0.0924. The van der Waals surface area contributed by atoms with Gasteiger partial charge >= 0.3 is 5.97 Å². The van der Waals surface area contributed by atoms with Crippen molar-refractivity contribution in [3.63, 3.8) is 0 Å². The summed E-state index contributed by atoms with van der Waals surface area (Å²) in [5.41, 5.74) is 1.91. The number of rotatable bonds is 10. The fraction of sp³-hybridized carbons (Fsp3) is 0.348. The van der Waals surface area contributed by atoms with Gasteiger partial charge in [-0.3, -0.25) is 0 Å². The number of hydrogen-bond donors (Lipinski definition) is 2. The van der Waals surface area contributed by atoms with Crippen LogP contribution in [0.4, 0.5) is 0 Å². The normalized spacial score (nSPS) is 13.2. The van der Waals surface area contributed by atoms with Crippen molar-refractivity contribution in [2.45, 2.75) is 32.4 Å². The SMILES string of the molecule is CCOC(=O)COc1ccc(C[C@@H](C)NCC(O)c2cc3ccccc3o2)cc1. The summed E-state index contributed by atoms with van der Waals surface area (Å²) in [7, 11) is 0. The summed E-state index contributed by atoms with van der Waals surface area (Å²) in [6.45, 7) is 4.48. The van der Waals surface area contributed by atoms with Gasteiger partial charge in [-0.2, -0.15) is 0 Å². The van der Waals surface area contributed by atoms with Gasteiger partial charge in [-0.15, -0.1) is 0 Å². The van der Waals surface area contributed by atoms with Crippen LogP contribution in [0.2, 0.25) is 0 Å². The molecule has 3 aromatic rings. The van der Waals surface area contributed by atoms with Gasteiger partial charge in [0, 0.05) is 18.0 Å². The maximum Gasteiger partial charge on any atom is 0.344 e. The van der Waals surface area contributed by atoms with Crippen molar-refractivity contribution in [2.75, 3.05) is 19.8 Å². The Hall–Kier alpha value is -2.83. The molecule has 0 fully saturated rings. The van der Waals surface area contributed by atoms with Gasteiger partial charge in [0.1, 0.15) is 23.2 Å². The molecular weight excluding hydrogens is 370 g/mol. The van der Waals surface area contributed by atoms with Gasteiger partial charge in [0.05, 0.1) is 6.61 Å². The van der Waals surface area contributed by atoms with Crippen LogP contribution in [0.25, 0.3) is 11.0 Å². The van der Waals surface area contributed by atoms with Gasteiger partial charge in [-0.25, -0.2) is 4.79 Å². The van der Waals surface area contributed by atoms with Crippen LogP contribution in [-0.4, -0.2) is 36.9 Å². The molecule has 6 heteroatoms. The first kappa shape index (κ1) is 20.9. The van der Waals surface area contributed by atoms with E-state index in [-0.39, 0.29) is 18.6 Å². The van der Waals surface area contributed by atoms with E-state index in [1.807, 2.05) is 54.6 Å². The van der Waals surface area contributed by atoms with Crippen molar-refractivity contribution in [1.29, 1.82) is 0 Å². The van der Waals surface area contributed by atoms with E-state index in [9.17, 15) is 9.90 Å². The number of aliphatic hydroxyl groups excluding tert-OH is 1. The molecule has 2 N–H and O–H groups in total. The van der Waals surface area contributed by atoms with Gasteiger partial charge < -0.3 is 24.3 Å². The predicted octanol–water partition coefficient (Wildman–Crippen LogP) is 3.63. The van der Waals surface area contributed by atoms with Crippen LogP contribution in [0.5, 0.6) is 5.75 Å². The highest BCUT2D eigenvalue weighted by molar-refractivity contribution is 5.77. The topological polar surface area (TPSA) is 80.9 Å². The molecule has 154 valence electrons. The third-order valence-electron chi connectivity index (χ3n) is 4.56. The van der Waals surface area contributed by atoms with E-state index in [1.165, 1.54) is 0 Å². The van der Waals surface area contributed by atoms with Crippen LogP contribution < -0.4 is 10.1 Å². The standard InChI is InChI=1S/C23H27NO5/c1-3-27-23(26)15-28-19-10-8-17(9-11-19)12-16(2)24-14-20(25)22-13-18-6-4-5-7-21(18)29-22/h4-11,13,16,20,24-25H,3,12,14-15H2,1-2H3/t16-,20?/m1/s1. The van der Waals surface area contributed by atoms with Crippen LogP contribution in [0.15, 0.2) is 59.0 Å². The lowest BCUT2D eigenvalue weighted by atomic mass is 10.1. The lowest BCUT2D eigenvalue weighted by molar-refractivity contribution is -0.145. The molecule has 29 heavy (non-hydrogen) atoms. The molecule has 0 saturated heterocycles. The van der Waals surface area contributed by atoms with Crippen LogP contribution in [0.1, 0.15) is 31.3 Å². The first-order valence-electron chi connectivity index (χ1n) is 9.82. The van der Waals surface area contributed by atoms with Gasteiger partial charge in [0.2, 0.25) is 0 Å². The third kappa shape index (κ3) is 6.07. The molecule has 0 aliphatic heterocycles. The highest BCUT2D eigenvalue weighted by Gasteiger charge is 2.14. The predicted molar refractivity (Wildman–Crippen MR) is 111 cm³/mol. The summed E-state index contributed by atoms with van der Waals surface area (Å²) in [6.07, 6.45) is 0.0915. The minimum atomic E-state index is -0.705. The number of ether oxygens (including phenoxy) is 2. The number of nitrogens with one attached hydrogen (secondary N) is 1. The van der Waals surface area contributed by atoms with Gasteiger partial charge in [-0.1, -0.05) is 30.3 Å². The molecule has 2 aromatic carbocycles. The number of benzene rings is 2. The van der Waals surface area contributed by atoms with Gasteiger partial charge in [0.25, 0.3) is 0 Å². The summed E-state index contributed by atoms with van der Waals surface area (Å²) in [5, 5.41) is 14.7. The molecule has 1 unspecified atom stereocenters. The maximum absolute atomic E-state index is 11.3. The number of aliphatic hydroxyl groups is 1. The molecule has 0 amide bonds. The molecule has 6 nitrogen and oxygen atoms in total. The second-order valence-electron chi connectivity index (χ2n) is 6.95. The zero-order chi connectivity index (χ0) is 20.6. The summed E-state index contributed by atoms with van der Waals surface area (Å²) < 4.78 is 15.9. The Morgan fingerprint density at radius 3 is 2.66 bits per heavy atom. The van der Waals surface area contributed by atoms with Crippen LogP contribution in [0, 0.1) is 0 Å². The Balaban J connectivity index is 1.45. The number of esters is 1. The van der Waals surface area contributed by atoms with Crippen molar-refractivity contribution >= 4 is 16.9 Å². The molecule has 2 atom stereocenters. The van der Waals surface area contributed by atoms with E-state index < -0.39 is 6.10 Å². The number of furan rings is 1. The first-order chi connectivity index (χ1) is 14.0. The molecule has 1 heterocycles. The molecular formula is C23H27NO5. The van der Waals surface area contributed by atoms with Crippen LogP contribution >= 0.6 is 0 Å². The summed E-state index contributed by atoms with van der Waals surface area (Å²) in [6, 6.07) is 17.4. The molecule has 0 aliphatic rings. The molecule has 0 spiro atoms. The van der Waals surface area contributed by atoms with E-state index in [0.29, 0.717) is 24.7 Å². The lowest BCUT2D eigenvalue weighted by Gasteiger charge is -2.16. The van der Waals surface area contributed by atoms with E-state index in [1.54, 1.807) is 6.92 Å². The van der Waals surface area contributed by atoms with E-state index in [2.05, 4.69) is 12.2 Å². The Morgan fingerprint density at radius 1 is 1.17 bits per heavy atom. The molecule has 0 radical (unpaired) electrons. The summed E-state index contributed by atoms with van der Waals surface area (Å²) in [5.74, 6) is 0.814. The second kappa shape index (κ2) is 10.1. The summed E-state index contributed by atoms with van der Waals surface area (Å²) >= 11 is 0. The molecule has 0 aliphatic carbocycles. The Labute approximate surface area is 170 Å². The molecule has 0 bridgehead atoms. The van der Waals surface area contributed by atoms with Crippen LogP contribution in [0.3, 0.4) is 0 Å². The Morgan fingerprint density at radius 2 is 1.93 bits per heavy atom. The highest BCUT2D eigenvalue weighted by Crippen LogP contribution is 2.23. The number of carbonyl (C=O) groups excluding carboxylic acids is 1. The van der Waals surface area contributed by atoms with Crippen molar-refractivity contribution in [3.8, 4) is 5.75 Å². The molecule has 0 saturated carbocycles. The first-order valence-corrected chi connectivity index (χ1v) is 9.82. The molecule has 3 rings (SSSR count). The van der Waals surface area contributed by atoms with Crippen molar-refractivity contribution in [2.24, 2.45) is 0 Å². The highest BCUT2D eigenvalue weighted by atomic mass is 16.6. The zero-order valence-electron chi connectivity index (χ0n) is 16.8. The third-order valence-corrected chi connectivity index (χ3v) is 4.56.